The number of rotatable bonds is 2. The van der Waals surface area contributed by atoms with E-state index in [4.69, 9.17) is 5.11 Å². The Bertz CT molecular complexity index is 245. The van der Waals surface area contributed by atoms with Gasteiger partial charge in [-0.05, 0) is 23.6 Å². The molecule has 0 amide bonds. The molecule has 0 saturated heterocycles. The Labute approximate surface area is 65.5 Å². The van der Waals surface area contributed by atoms with Crippen molar-refractivity contribution in [1.29, 1.82) is 0 Å². The number of alkyl halides is 1. The maximum Gasteiger partial charge on any atom is 0.115 e. The average Bonchev–Trinajstić information content (AvgIpc) is 2.05. The highest BCUT2D eigenvalue weighted by Crippen LogP contribution is 2.11. The van der Waals surface area contributed by atoms with Crippen LogP contribution in [0.5, 0.6) is 0 Å². The van der Waals surface area contributed by atoms with E-state index in [-0.39, 0.29) is 6.61 Å². The largest absolute Gasteiger partial charge is 0.392 e. The molecule has 0 saturated carbocycles. The van der Waals surface area contributed by atoms with Crippen LogP contribution in [-0.4, -0.2) is 5.11 Å². The summed E-state index contributed by atoms with van der Waals surface area (Å²) in [7, 11) is 0. The molecule has 0 radical (unpaired) electrons. The molecule has 1 nitrogen and oxygen atoms in total. The molecule has 0 fully saturated rings. The molecule has 0 aliphatic rings. The fourth-order valence-corrected chi connectivity index (χ4v) is 0.978. The summed E-state index contributed by atoms with van der Waals surface area (Å²) in [6.45, 7) is 1.42. The van der Waals surface area contributed by atoms with E-state index in [1.807, 2.05) is 13.0 Å². The first-order valence-electron chi connectivity index (χ1n) is 3.53. The quantitative estimate of drug-likeness (QED) is 0.690. The molecule has 11 heavy (non-hydrogen) atoms. The Morgan fingerprint density at radius 3 is 2.73 bits per heavy atom. The minimum Gasteiger partial charge on any atom is -0.392 e. The van der Waals surface area contributed by atoms with Gasteiger partial charge in [0.25, 0.3) is 0 Å². The molecule has 0 aliphatic carbocycles. The van der Waals surface area contributed by atoms with E-state index in [1.165, 1.54) is 0 Å². The summed E-state index contributed by atoms with van der Waals surface area (Å²) in [6, 6.07) is 5.24. The summed E-state index contributed by atoms with van der Waals surface area (Å²) in [4.78, 5) is 0. The smallest absolute Gasteiger partial charge is 0.115 e. The number of aliphatic hydroxyl groups excluding tert-OH is 1. The molecule has 1 rings (SSSR count). The van der Waals surface area contributed by atoms with E-state index in [0.29, 0.717) is 5.56 Å². The topological polar surface area (TPSA) is 20.2 Å². The van der Waals surface area contributed by atoms with Crippen LogP contribution < -0.4 is 0 Å². The van der Waals surface area contributed by atoms with E-state index in [2.05, 4.69) is 0 Å². The minimum absolute atomic E-state index is 0.0142. The van der Waals surface area contributed by atoms with Gasteiger partial charge in [-0.15, -0.1) is 0 Å². The van der Waals surface area contributed by atoms with Crippen LogP contribution in [0.3, 0.4) is 0 Å². The lowest BCUT2D eigenvalue weighted by atomic mass is 10.1. The van der Waals surface area contributed by atoms with E-state index in [0.717, 1.165) is 11.1 Å². The van der Waals surface area contributed by atoms with Crippen LogP contribution in [0.1, 0.15) is 16.7 Å². The molecule has 0 spiro atoms. The lowest BCUT2D eigenvalue weighted by Gasteiger charge is -2.02. The predicted octanol–water partition coefficient (Wildman–Crippen LogP) is 1.96. The van der Waals surface area contributed by atoms with Gasteiger partial charge in [0, 0.05) is 0 Å². The van der Waals surface area contributed by atoms with Crippen LogP contribution in [0.25, 0.3) is 0 Å². The summed E-state index contributed by atoms with van der Waals surface area (Å²) in [5, 5.41) is 8.82. The molecule has 60 valence electrons. The van der Waals surface area contributed by atoms with Crippen molar-refractivity contribution >= 4 is 0 Å². The second kappa shape index (κ2) is 3.49. The van der Waals surface area contributed by atoms with Crippen molar-refractivity contribution in [3.8, 4) is 0 Å². The number of hydrogen-bond donors (Lipinski definition) is 1. The zero-order chi connectivity index (χ0) is 8.27. The summed E-state index contributed by atoms with van der Waals surface area (Å²) in [5.41, 5.74) is 2.43. The van der Waals surface area contributed by atoms with Crippen LogP contribution >= 0.6 is 0 Å². The highest BCUT2D eigenvalue weighted by molar-refractivity contribution is 5.30. The average molecular weight is 154 g/mol. The number of aliphatic hydroxyl groups is 1. The van der Waals surface area contributed by atoms with Gasteiger partial charge in [0.1, 0.15) is 6.67 Å². The monoisotopic (exact) mass is 154 g/mol. The highest BCUT2D eigenvalue weighted by atomic mass is 19.1. The van der Waals surface area contributed by atoms with Crippen LogP contribution in [0.2, 0.25) is 0 Å². The fourth-order valence-electron chi connectivity index (χ4n) is 0.978. The maximum atomic E-state index is 12.1. The van der Waals surface area contributed by atoms with Crippen molar-refractivity contribution in [1.82, 2.24) is 0 Å². The third kappa shape index (κ3) is 1.77. The lowest BCUT2D eigenvalue weighted by Crippen LogP contribution is -1.90. The predicted molar refractivity (Wildman–Crippen MR) is 41.9 cm³/mol. The molecule has 0 heterocycles. The highest BCUT2D eigenvalue weighted by Gasteiger charge is 1.97. The van der Waals surface area contributed by atoms with Gasteiger partial charge in [0.15, 0.2) is 0 Å². The molecular weight excluding hydrogens is 143 g/mol. The Morgan fingerprint density at radius 2 is 2.18 bits per heavy atom. The second-order valence-electron chi connectivity index (χ2n) is 2.55. The van der Waals surface area contributed by atoms with Crippen LogP contribution in [-0.2, 0) is 13.3 Å². The molecular formula is C9H11FO. The van der Waals surface area contributed by atoms with Crippen LogP contribution in [0.15, 0.2) is 18.2 Å². The van der Waals surface area contributed by atoms with Gasteiger partial charge >= 0.3 is 0 Å². The number of benzene rings is 1. The number of aryl methyl sites for hydroxylation is 1. The summed E-state index contributed by atoms with van der Waals surface area (Å²) in [6.07, 6.45) is 0. The Kier molecular flexibility index (Phi) is 2.60. The van der Waals surface area contributed by atoms with Crippen molar-refractivity contribution in [3.63, 3.8) is 0 Å². The molecule has 0 aliphatic heterocycles. The Morgan fingerprint density at radius 1 is 1.45 bits per heavy atom. The van der Waals surface area contributed by atoms with Gasteiger partial charge in [-0.3, -0.25) is 0 Å². The van der Waals surface area contributed by atoms with E-state index < -0.39 is 6.67 Å². The third-order valence-corrected chi connectivity index (χ3v) is 1.74. The van der Waals surface area contributed by atoms with Gasteiger partial charge in [-0.1, -0.05) is 18.2 Å². The van der Waals surface area contributed by atoms with E-state index in [1.54, 1.807) is 12.1 Å². The molecule has 0 aromatic heterocycles. The maximum absolute atomic E-state index is 12.1. The summed E-state index contributed by atoms with van der Waals surface area (Å²) in [5.74, 6) is 0. The van der Waals surface area contributed by atoms with E-state index >= 15 is 0 Å². The van der Waals surface area contributed by atoms with Crippen molar-refractivity contribution < 1.29 is 9.50 Å². The lowest BCUT2D eigenvalue weighted by molar-refractivity contribution is 0.281. The normalized spacial score (nSPS) is 10.1. The van der Waals surface area contributed by atoms with Crippen molar-refractivity contribution in [2.75, 3.05) is 0 Å². The van der Waals surface area contributed by atoms with Crippen LogP contribution in [0, 0.1) is 6.92 Å². The number of hydrogen-bond acceptors (Lipinski definition) is 1. The first kappa shape index (κ1) is 8.21. The van der Waals surface area contributed by atoms with Crippen molar-refractivity contribution in [2.45, 2.75) is 20.2 Å². The van der Waals surface area contributed by atoms with Gasteiger partial charge in [0.2, 0.25) is 0 Å². The molecule has 1 aromatic carbocycles. The number of halogens is 1. The molecule has 0 bridgehead atoms. The van der Waals surface area contributed by atoms with Crippen molar-refractivity contribution in [3.05, 3.63) is 34.9 Å². The third-order valence-electron chi connectivity index (χ3n) is 1.74. The minimum atomic E-state index is -0.465. The zero-order valence-electron chi connectivity index (χ0n) is 6.47. The summed E-state index contributed by atoms with van der Waals surface area (Å²) < 4.78 is 12.1. The molecule has 1 N–H and O–H groups in total. The van der Waals surface area contributed by atoms with Gasteiger partial charge < -0.3 is 5.11 Å². The Hall–Kier alpha value is -0.890. The standard InChI is InChI=1S/C9H11FO/c1-7-2-3-8(5-10)4-9(7)6-11/h2-4,11H,5-6H2,1H3. The van der Waals surface area contributed by atoms with Crippen molar-refractivity contribution in [2.24, 2.45) is 0 Å². The molecule has 1 aromatic rings. The van der Waals surface area contributed by atoms with Gasteiger partial charge in [-0.25, -0.2) is 4.39 Å². The Balaban J connectivity index is 3.02. The first-order chi connectivity index (χ1) is 5.27. The fraction of sp³-hybridized carbons (Fsp3) is 0.333. The second-order valence-corrected chi connectivity index (χ2v) is 2.55. The molecule has 0 unspecified atom stereocenters. The summed E-state index contributed by atoms with van der Waals surface area (Å²) >= 11 is 0. The molecule has 2 heteroatoms. The van der Waals surface area contributed by atoms with E-state index in [9.17, 15) is 4.39 Å². The van der Waals surface area contributed by atoms with Gasteiger partial charge in [-0.2, -0.15) is 0 Å². The zero-order valence-corrected chi connectivity index (χ0v) is 6.47. The SMILES string of the molecule is Cc1ccc(CF)cc1CO. The molecule has 0 atom stereocenters. The van der Waals surface area contributed by atoms with Gasteiger partial charge in [0.05, 0.1) is 6.61 Å². The first-order valence-corrected chi connectivity index (χ1v) is 3.53. The van der Waals surface area contributed by atoms with Crippen LogP contribution in [0.4, 0.5) is 4.39 Å².